The van der Waals surface area contributed by atoms with Crippen molar-refractivity contribution in [1.29, 1.82) is 0 Å². The first-order chi connectivity index (χ1) is 7.59. The molecule has 0 bridgehead atoms. The average molecular weight is 222 g/mol. The molecule has 0 unspecified atom stereocenters. The van der Waals surface area contributed by atoms with Gasteiger partial charge in [0.2, 0.25) is 0 Å². The third-order valence-electron chi connectivity index (χ3n) is 3.06. The summed E-state index contributed by atoms with van der Waals surface area (Å²) in [5, 5.41) is 3.31. The maximum absolute atomic E-state index is 11.5. The number of aromatic nitrogens is 2. The molecule has 1 aromatic heterocycles. The largest absolute Gasteiger partial charge is 0.357 e. The minimum atomic E-state index is -0.247. The number of hydrogen-bond acceptors (Lipinski definition) is 4. The highest BCUT2D eigenvalue weighted by atomic mass is 16.1. The quantitative estimate of drug-likeness (QED) is 0.753. The van der Waals surface area contributed by atoms with Gasteiger partial charge >= 0.3 is 5.69 Å². The van der Waals surface area contributed by atoms with Crippen LogP contribution in [0.4, 0.5) is 5.82 Å². The van der Waals surface area contributed by atoms with Crippen molar-refractivity contribution < 1.29 is 0 Å². The molecule has 0 saturated carbocycles. The summed E-state index contributed by atoms with van der Waals surface area (Å²) < 4.78 is 0. The second-order valence-electron chi connectivity index (χ2n) is 4.45. The molecule has 2 N–H and O–H groups in total. The van der Waals surface area contributed by atoms with Gasteiger partial charge in [-0.3, -0.25) is 0 Å². The number of fused-ring (bicyclic) bond motifs is 1. The SMILES string of the molecule is CC(C)N(C)c1nc(=O)[nH]c2c1CNCC2. The van der Waals surface area contributed by atoms with Crippen LogP contribution in [0.25, 0.3) is 0 Å². The molecule has 1 aliphatic rings. The number of rotatable bonds is 2. The Bertz CT molecular complexity index is 438. The van der Waals surface area contributed by atoms with Gasteiger partial charge < -0.3 is 15.2 Å². The van der Waals surface area contributed by atoms with Crippen LogP contribution in [0.3, 0.4) is 0 Å². The van der Waals surface area contributed by atoms with Crippen LogP contribution in [-0.2, 0) is 13.0 Å². The molecule has 5 heteroatoms. The second-order valence-corrected chi connectivity index (χ2v) is 4.45. The van der Waals surface area contributed by atoms with Gasteiger partial charge in [0, 0.05) is 43.9 Å². The second kappa shape index (κ2) is 4.25. The van der Waals surface area contributed by atoms with Gasteiger partial charge in [0.15, 0.2) is 0 Å². The standard InChI is InChI=1S/C11H18N4O/c1-7(2)15(3)10-8-6-12-5-4-9(8)13-11(16)14-10/h7,12H,4-6H2,1-3H3,(H,13,14,16). The molecule has 5 nitrogen and oxygen atoms in total. The third-order valence-corrected chi connectivity index (χ3v) is 3.06. The van der Waals surface area contributed by atoms with Gasteiger partial charge in [0.1, 0.15) is 5.82 Å². The van der Waals surface area contributed by atoms with Crippen LogP contribution in [0.5, 0.6) is 0 Å². The van der Waals surface area contributed by atoms with Crippen molar-refractivity contribution >= 4 is 5.82 Å². The monoisotopic (exact) mass is 222 g/mol. The fraction of sp³-hybridized carbons (Fsp3) is 0.636. The molecule has 0 atom stereocenters. The molecule has 0 spiro atoms. The van der Waals surface area contributed by atoms with Gasteiger partial charge in [-0.1, -0.05) is 0 Å². The predicted octanol–water partition coefficient (Wildman–Crippen LogP) is 0.260. The smallest absolute Gasteiger partial charge is 0.347 e. The minimum Gasteiger partial charge on any atom is -0.357 e. The van der Waals surface area contributed by atoms with Crippen molar-refractivity contribution in [3.8, 4) is 0 Å². The summed E-state index contributed by atoms with van der Waals surface area (Å²) in [5.74, 6) is 0.806. The summed E-state index contributed by atoms with van der Waals surface area (Å²) in [6, 6.07) is 0.334. The van der Waals surface area contributed by atoms with E-state index < -0.39 is 0 Å². The van der Waals surface area contributed by atoms with Crippen molar-refractivity contribution in [2.75, 3.05) is 18.5 Å². The molecule has 0 aromatic carbocycles. The summed E-state index contributed by atoms with van der Waals surface area (Å²) in [5.41, 5.74) is 1.91. The van der Waals surface area contributed by atoms with Gasteiger partial charge in [-0.2, -0.15) is 4.98 Å². The first-order valence-electron chi connectivity index (χ1n) is 5.65. The van der Waals surface area contributed by atoms with Gasteiger partial charge in [-0.15, -0.1) is 0 Å². The van der Waals surface area contributed by atoms with E-state index in [-0.39, 0.29) is 5.69 Å². The Morgan fingerprint density at radius 3 is 2.88 bits per heavy atom. The topological polar surface area (TPSA) is 61.0 Å². The molecule has 2 rings (SSSR count). The van der Waals surface area contributed by atoms with E-state index in [2.05, 4.69) is 29.1 Å². The van der Waals surface area contributed by atoms with Gasteiger partial charge in [0.05, 0.1) is 0 Å². The van der Waals surface area contributed by atoms with Crippen molar-refractivity contribution in [3.63, 3.8) is 0 Å². The van der Waals surface area contributed by atoms with E-state index in [0.29, 0.717) is 6.04 Å². The molecule has 16 heavy (non-hydrogen) atoms. The van der Waals surface area contributed by atoms with Crippen molar-refractivity contribution in [3.05, 3.63) is 21.7 Å². The molecular formula is C11H18N4O. The Labute approximate surface area is 94.9 Å². The highest BCUT2D eigenvalue weighted by molar-refractivity contribution is 5.49. The summed E-state index contributed by atoms with van der Waals surface area (Å²) in [6.07, 6.45) is 0.867. The van der Waals surface area contributed by atoms with Crippen LogP contribution < -0.4 is 15.9 Å². The van der Waals surface area contributed by atoms with E-state index in [1.54, 1.807) is 0 Å². The minimum absolute atomic E-state index is 0.247. The molecule has 88 valence electrons. The maximum Gasteiger partial charge on any atom is 0.347 e. The summed E-state index contributed by atoms with van der Waals surface area (Å²) in [6.45, 7) is 5.88. The van der Waals surface area contributed by atoms with Crippen LogP contribution >= 0.6 is 0 Å². The molecule has 0 saturated heterocycles. The van der Waals surface area contributed by atoms with Crippen LogP contribution in [0.2, 0.25) is 0 Å². The Morgan fingerprint density at radius 2 is 2.19 bits per heavy atom. The highest BCUT2D eigenvalue weighted by Gasteiger charge is 2.19. The fourth-order valence-corrected chi connectivity index (χ4v) is 1.89. The fourth-order valence-electron chi connectivity index (χ4n) is 1.89. The summed E-state index contributed by atoms with van der Waals surface area (Å²) in [7, 11) is 1.97. The highest BCUT2D eigenvalue weighted by Crippen LogP contribution is 2.21. The lowest BCUT2D eigenvalue weighted by Gasteiger charge is -2.27. The average Bonchev–Trinajstić information content (AvgIpc) is 2.26. The van der Waals surface area contributed by atoms with E-state index in [4.69, 9.17) is 0 Å². The summed E-state index contributed by atoms with van der Waals surface area (Å²) in [4.78, 5) is 20.4. The van der Waals surface area contributed by atoms with Gasteiger partial charge in [-0.25, -0.2) is 4.79 Å². The normalized spacial score (nSPS) is 15.0. The lowest BCUT2D eigenvalue weighted by molar-refractivity contribution is 0.614. The van der Waals surface area contributed by atoms with Crippen LogP contribution in [-0.4, -0.2) is 29.6 Å². The Hall–Kier alpha value is -1.36. The molecule has 0 radical (unpaired) electrons. The number of aromatic amines is 1. The van der Waals surface area contributed by atoms with Crippen LogP contribution in [0, 0.1) is 0 Å². The lowest BCUT2D eigenvalue weighted by Crippen LogP contribution is -2.35. The first kappa shape index (κ1) is 11.1. The molecule has 0 fully saturated rings. The van der Waals surface area contributed by atoms with Crippen molar-refractivity contribution in [2.45, 2.75) is 32.9 Å². The van der Waals surface area contributed by atoms with Crippen LogP contribution in [0.15, 0.2) is 4.79 Å². The molecule has 0 aliphatic carbocycles. The lowest BCUT2D eigenvalue weighted by atomic mass is 10.1. The predicted molar refractivity (Wildman–Crippen MR) is 63.8 cm³/mol. The molecule has 1 aliphatic heterocycles. The number of anilines is 1. The molecule has 1 aromatic rings. The van der Waals surface area contributed by atoms with Gasteiger partial charge in [-0.05, 0) is 13.8 Å². The third kappa shape index (κ3) is 1.95. The number of hydrogen-bond donors (Lipinski definition) is 2. The zero-order valence-corrected chi connectivity index (χ0v) is 10.0. The van der Waals surface area contributed by atoms with E-state index in [1.807, 2.05) is 11.9 Å². The Morgan fingerprint density at radius 1 is 1.44 bits per heavy atom. The Balaban J connectivity index is 2.51. The molecule has 2 heterocycles. The zero-order chi connectivity index (χ0) is 11.7. The first-order valence-corrected chi connectivity index (χ1v) is 5.65. The van der Waals surface area contributed by atoms with Crippen molar-refractivity contribution in [1.82, 2.24) is 15.3 Å². The van der Waals surface area contributed by atoms with Crippen LogP contribution in [0.1, 0.15) is 25.1 Å². The Kier molecular flexibility index (Phi) is 2.96. The van der Waals surface area contributed by atoms with E-state index in [0.717, 1.165) is 36.6 Å². The van der Waals surface area contributed by atoms with E-state index in [1.165, 1.54) is 0 Å². The molecule has 0 amide bonds. The van der Waals surface area contributed by atoms with E-state index >= 15 is 0 Å². The van der Waals surface area contributed by atoms with E-state index in [9.17, 15) is 4.79 Å². The van der Waals surface area contributed by atoms with Crippen molar-refractivity contribution in [2.24, 2.45) is 0 Å². The molecular weight excluding hydrogens is 204 g/mol. The zero-order valence-electron chi connectivity index (χ0n) is 10.0. The number of H-pyrrole nitrogens is 1. The number of nitrogens with zero attached hydrogens (tertiary/aromatic N) is 2. The maximum atomic E-state index is 11.5. The van der Waals surface area contributed by atoms with Gasteiger partial charge in [0.25, 0.3) is 0 Å². The number of nitrogens with one attached hydrogen (secondary N) is 2. The summed E-state index contributed by atoms with van der Waals surface area (Å²) >= 11 is 0.